The van der Waals surface area contributed by atoms with Gasteiger partial charge >= 0.3 is 6.18 Å². The average molecular weight is 258 g/mol. The van der Waals surface area contributed by atoms with Gasteiger partial charge < -0.3 is 0 Å². The largest absolute Gasteiger partial charge is 0.416 e. The minimum absolute atomic E-state index is 0.0377. The zero-order chi connectivity index (χ0) is 14.0. The van der Waals surface area contributed by atoms with Crippen molar-refractivity contribution in [3.05, 3.63) is 35.4 Å². The van der Waals surface area contributed by atoms with Crippen molar-refractivity contribution in [1.29, 1.82) is 0 Å². The number of Topliss-reactive ketones (excluding diaryl/α,β-unsaturated/α-hetero) is 1. The third kappa shape index (κ3) is 3.59. The Labute approximate surface area is 105 Å². The third-order valence-electron chi connectivity index (χ3n) is 3.26. The predicted octanol–water partition coefficient (Wildman–Crippen LogP) is 4.25. The first-order chi connectivity index (χ1) is 8.16. The van der Waals surface area contributed by atoms with Crippen LogP contribution in [-0.2, 0) is 17.4 Å². The van der Waals surface area contributed by atoms with Crippen LogP contribution in [0.15, 0.2) is 24.3 Å². The highest BCUT2D eigenvalue weighted by molar-refractivity contribution is 5.86. The summed E-state index contributed by atoms with van der Waals surface area (Å²) in [6.45, 7) is 5.51. The number of carbonyl (C=O) groups excluding carboxylic acids is 1. The standard InChI is InChI=1S/C14H17F3O/c1-4-13(2,3)12(18)9-10-6-5-7-11(8-10)14(15,16)17/h5-8H,4,9H2,1-3H3. The molecule has 0 amide bonds. The molecular formula is C14H17F3O. The normalized spacial score (nSPS) is 12.6. The monoisotopic (exact) mass is 258 g/mol. The van der Waals surface area contributed by atoms with Crippen LogP contribution in [0.4, 0.5) is 13.2 Å². The van der Waals surface area contributed by atoms with E-state index in [1.54, 1.807) is 6.07 Å². The summed E-state index contributed by atoms with van der Waals surface area (Å²) in [5.74, 6) is -0.0377. The molecule has 1 nitrogen and oxygen atoms in total. The van der Waals surface area contributed by atoms with Crippen molar-refractivity contribution >= 4 is 5.78 Å². The molecule has 0 saturated heterocycles. The van der Waals surface area contributed by atoms with E-state index in [1.165, 1.54) is 6.07 Å². The zero-order valence-corrected chi connectivity index (χ0v) is 10.8. The van der Waals surface area contributed by atoms with Gasteiger partial charge in [-0.2, -0.15) is 13.2 Å². The summed E-state index contributed by atoms with van der Waals surface area (Å²) in [4.78, 5) is 11.9. The van der Waals surface area contributed by atoms with Crippen LogP contribution in [0, 0.1) is 5.41 Å². The van der Waals surface area contributed by atoms with Crippen LogP contribution in [0.1, 0.15) is 38.3 Å². The van der Waals surface area contributed by atoms with E-state index in [-0.39, 0.29) is 12.2 Å². The lowest BCUT2D eigenvalue weighted by molar-refractivity contribution is -0.137. The molecule has 0 atom stereocenters. The second-order valence-corrected chi connectivity index (χ2v) is 5.04. The molecule has 0 bridgehead atoms. The first-order valence-corrected chi connectivity index (χ1v) is 5.86. The smallest absolute Gasteiger partial charge is 0.299 e. The fraction of sp³-hybridized carbons (Fsp3) is 0.500. The van der Waals surface area contributed by atoms with E-state index in [0.717, 1.165) is 12.1 Å². The van der Waals surface area contributed by atoms with Gasteiger partial charge in [0.15, 0.2) is 0 Å². The van der Waals surface area contributed by atoms with E-state index in [2.05, 4.69) is 0 Å². The fourth-order valence-corrected chi connectivity index (χ4v) is 1.48. The van der Waals surface area contributed by atoms with E-state index >= 15 is 0 Å². The maximum atomic E-state index is 12.5. The molecule has 4 heteroatoms. The third-order valence-corrected chi connectivity index (χ3v) is 3.26. The molecule has 1 aromatic rings. The first-order valence-electron chi connectivity index (χ1n) is 5.86. The van der Waals surface area contributed by atoms with Crippen molar-refractivity contribution in [3.63, 3.8) is 0 Å². The Morgan fingerprint density at radius 2 is 1.83 bits per heavy atom. The van der Waals surface area contributed by atoms with Gasteiger partial charge in [0.1, 0.15) is 5.78 Å². The van der Waals surface area contributed by atoms with E-state index in [4.69, 9.17) is 0 Å². The quantitative estimate of drug-likeness (QED) is 0.789. The van der Waals surface area contributed by atoms with Gasteiger partial charge in [-0.25, -0.2) is 0 Å². The fourth-order valence-electron chi connectivity index (χ4n) is 1.48. The number of hydrogen-bond donors (Lipinski definition) is 0. The lowest BCUT2D eigenvalue weighted by Gasteiger charge is -2.21. The number of hydrogen-bond acceptors (Lipinski definition) is 1. The van der Waals surface area contributed by atoms with Crippen LogP contribution in [0.2, 0.25) is 0 Å². The highest BCUT2D eigenvalue weighted by Gasteiger charge is 2.31. The minimum atomic E-state index is -4.36. The van der Waals surface area contributed by atoms with Crippen molar-refractivity contribution in [2.75, 3.05) is 0 Å². The summed E-state index contributed by atoms with van der Waals surface area (Å²) in [6, 6.07) is 4.95. The van der Waals surface area contributed by atoms with Crippen LogP contribution >= 0.6 is 0 Å². The van der Waals surface area contributed by atoms with Crippen molar-refractivity contribution in [1.82, 2.24) is 0 Å². The summed E-state index contributed by atoms with van der Waals surface area (Å²) in [7, 11) is 0. The van der Waals surface area contributed by atoms with Gasteiger partial charge in [-0.15, -0.1) is 0 Å². The van der Waals surface area contributed by atoms with Crippen LogP contribution < -0.4 is 0 Å². The van der Waals surface area contributed by atoms with E-state index in [9.17, 15) is 18.0 Å². The van der Waals surface area contributed by atoms with Crippen LogP contribution in [0.5, 0.6) is 0 Å². The molecule has 0 fully saturated rings. The molecule has 0 spiro atoms. The van der Waals surface area contributed by atoms with Gasteiger partial charge in [-0.1, -0.05) is 39.0 Å². The van der Waals surface area contributed by atoms with Crippen molar-refractivity contribution < 1.29 is 18.0 Å². The molecule has 0 N–H and O–H groups in total. The molecule has 1 aromatic carbocycles. The number of benzene rings is 1. The molecule has 0 aliphatic rings. The van der Waals surface area contributed by atoms with Gasteiger partial charge in [0.05, 0.1) is 5.56 Å². The molecule has 100 valence electrons. The molecule has 0 aromatic heterocycles. The summed E-state index contributed by atoms with van der Waals surface area (Å²) in [5, 5.41) is 0. The molecule has 0 unspecified atom stereocenters. The summed E-state index contributed by atoms with van der Waals surface area (Å²) in [6.07, 6.45) is -3.64. The second kappa shape index (κ2) is 5.12. The average Bonchev–Trinajstić information content (AvgIpc) is 2.28. The molecule has 0 heterocycles. The maximum absolute atomic E-state index is 12.5. The lowest BCUT2D eigenvalue weighted by Crippen LogP contribution is -2.25. The SMILES string of the molecule is CCC(C)(C)C(=O)Cc1cccc(C(F)(F)F)c1. The van der Waals surface area contributed by atoms with Crippen LogP contribution in [0.25, 0.3) is 0 Å². The van der Waals surface area contributed by atoms with Gasteiger partial charge in [0.2, 0.25) is 0 Å². The molecular weight excluding hydrogens is 241 g/mol. The van der Waals surface area contributed by atoms with Crippen molar-refractivity contribution in [3.8, 4) is 0 Å². The summed E-state index contributed by atoms with van der Waals surface area (Å²) >= 11 is 0. The lowest BCUT2D eigenvalue weighted by atomic mass is 9.82. The Morgan fingerprint density at radius 1 is 1.22 bits per heavy atom. The molecule has 0 aliphatic carbocycles. The number of alkyl halides is 3. The molecule has 0 saturated carbocycles. The number of rotatable bonds is 4. The molecule has 0 radical (unpaired) electrons. The van der Waals surface area contributed by atoms with Gasteiger partial charge in [0, 0.05) is 11.8 Å². The zero-order valence-electron chi connectivity index (χ0n) is 10.8. The first kappa shape index (κ1) is 14.7. The highest BCUT2D eigenvalue weighted by atomic mass is 19.4. The molecule has 18 heavy (non-hydrogen) atoms. The van der Waals surface area contributed by atoms with Crippen LogP contribution in [0.3, 0.4) is 0 Å². The Hall–Kier alpha value is -1.32. The molecule has 1 rings (SSSR count). The summed E-state index contributed by atoms with van der Waals surface area (Å²) < 4.78 is 37.6. The van der Waals surface area contributed by atoms with Gasteiger partial charge in [-0.3, -0.25) is 4.79 Å². The topological polar surface area (TPSA) is 17.1 Å². The summed E-state index contributed by atoms with van der Waals surface area (Å²) in [5.41, 5.74) is -0.785. The Balaban J connectivity index is 2.90. The van der Waals surface area contributed by atoms with E-state index < -0.39 is 17.2 Å². The van der Waals surface area contributed by atoms with E-state index in [1.807, 2.05) is 20.8 Å². The van der Waals surface area contributed by atoms with E-state index in [0.29, 0.717) is 12.0 Å². The minimum Gasteiger partial charge on any atom is -0.299 e. The Morgan fingerprint density at radius 3 is 2.33 bits per heavy atom. The van der Waals surface area contributed by atoms with Crippen LogP contribution in [-0.4, -0.2) is 5.78 Å². The second-order valence-electron chi connectivity index (χ2n) is 5.04. The van der Waals surface area contributed by atoms with Crippen molar-refractivity contribution in [2.45, 2.75) is 39.8 Å². The number of halogens is 3. The van der Waals surface area contributed by atoms with Crippen molar-refractivity contribution in [2.24, 2.45) is 5.41 Å². The van der Waals surface area contributed by atoms with Gasteiger partial charge in [0.25, 0.3) is 0 Å². The Kier molecular flexibility index (Phi) is 4.20. The number of ketones is 1. The molecule has 0 aliphatic heterocycles. The maximum Gasteiger partial charge on any atom is 0.416 e. The predicted molar refractivity (Wildman–Crippen MR) is 64.2 cm³/mol. The highest BCUT2D eigenvalue weighted by Crippen LogP contribution is 2.30. The number of carbonyl (C=O) groups is 1. The van der Waals surface area contributed by atoms with Gasteiger partial charge in [-0.05, 0) is 18.1 Å². The Bertz CT molecular complexity index is 433.